The Kier molecular flexibility index (Phi) is 13.4. The molecule has 13 heteroatoms. The lowest BCUT2D eigenvalue weighted by atomic mass is 9.95. The van der Waals surface area contributed by atoms with E-state index in [2.05, 4.69) is 16.0 Å². The standard InChI is InChI=1S/C21H38N6O7/c1-5-11(4)17(27-18(30)12(22)6-8-14(23)28)20(32)26-16(10(2)3)19(31)25-13(21(33)34)7-9-15(24)29/h10-13,16-17H,5-9,22H2,1-4H3,(H2,23,28)(H2,24,29)(H,25,31)(H,26,32)(H,27,30)(H,33,34). The quantitative estimate of drug-likeness (QED) is 0.129. The van der Waals surface area contributed by atoms with Crippen LogP contribution in [0.25, 0.3) is 0 Å². The fourth-order valence-electron chi connectivity index (χ4n) is 2.97. The number of primary amides is 2. The maximum absolute atomic E-state index is 13.0. The summed E-state index contributed by atoms with van der Waals surface area (Å²) in [6.07, 6.45) is -0.0145. The SMILES string of the molecule is CCC(C)C(NC(=O)C(N)CCC(N)=O)C(=O)NC(C(=O)NC(CCC(N)=O)C(=O)O)C(C)C. The second-order valence-electron chi connectivity index (χ2n) is 8.62. The molecular formula is C21H38N6O7. The summed E-state index contributed by atoms with van der Waals surface area (Å²) < 4.78 is 0. The molecule has 0 spiro atoms. The molecule has 0 aliphatic rings. The molecule has 10 N–H and O–H groups in total. The molecule has 0 radical (unpaired) electrons. The summed E-state index contributed by atoms with van der Waals surface area (Å²) in [7, 11) is 0. The van der Waals surface area contributed by atoms with Crippen molar-refractivity contribution >= 4 is 35.5 Å². The molecule has 0 fully saturated rings. The average molecular weight is 487 g/mol. The minimum absolute atomic E-state index is 0.00885. The number of hydrogen-bond donors (Lipinski definition) is 7. The number of hydrogen-bond acceptors (Lipinski definition) is 7. The fourth-order valence-corrected chi connectivity index (χ4v) is 2.97. The van der Waals surface area contributed by atoms with E-state index in [1.54, 1.807) is 20.8 Å². The zero-order valence-corrected chi connectivity index (χ0v) is 20.1. The Morgan fingerprint density at radius 1 is 0.765 bits per heavy atom. The maximum Gasteiger partial charge on any atom is 0.326 e. The largest absolute Gasteiger partial charge is 0.480 e. The first-order valence-electron chi connectivity index (χ1n) is 11.2. The molecule has 0 aromatic carbocycles. The highest BCUT2D eigenvalue weighted by atomic mass is 16.4. The van der Waals surface area contributed by atoms with Gasteiger partial charge in [-0.25, -0.2) is 4.79 Å². The summed E-state index contributed by atoms with van der Waals surface area (Å²) in [5, 5.41) is 16.8. The molecule has 5 atom stereocenters. The fraction of sp³-hybridized carbons (Fsp3) is 0.714. The highest BCUT2D eigenvalue weighted by Crippen LogP contribution is 2.11. The Morgan fingerprint density at radius 3 is 1.68 bits per heavy atom. The van der Waals surface area contributed by atoms with Crippen LogP contribution in [0.2, 0.25) is 0 Å². The molecule has 194 valence electrons. The monoisotopic (exact) mass is 486 g/mol. The Balaban J connectivity index is 5.45. The number of amides is 5. The Morgan fingerprint density at radius 2 is 1.24 bits per heavy atom. The van der Waals surface area contributed by atoms with Crippen LogP contribution in [-0.4, -0.2) is 64.8 Å². The third-order valence-electron chi connectivity index (χ3n) is 5.37. The van der Waals surface area contributed by atoms with Crippen molar-refractivity contribution in [2.24, 2.45) is 29.0 Å². The lowest BCUT2D eigenvalue weighted by Gasteiger charge is -2.29. The van der Waals surface area contributed by atoms with Gasteiger partial charge in [-0.2, -0.15) is 0 Å². The van der Waals surface area contributed by atoms with Crippen LogP contribution in [0.1, 0.15) is 59.8 Å². The van der Waals surface area contributed by atoms with E-state index in [0.717, 1.165) is 0 Å². The number of carbonyl (C=O) groups excluding carboxylic acids is 5. The summed E-state index contributed by atoms with van der Waals surface area (Å²) in [5.74, 6) is -5.49. The van der Waals surface area contributed by atoms with E-state index < -0.39 is 65.6 Å². The van der Waals surface area contributed by atoms with E-state index in [-0.39, 0.29) is 31.6 Å². The van der Waals surface area contributed by atoms with Crippen LogP contribution in [0.5, 0.6) is 0 Å². The first-order valence-corrected chi connectivity index (χ1v) is 11.2. The van der Waals surface area contributed by atoms with Crippen LogP contribution in [0, 0.1) is 11.8 Å². The van der Waals surface area contributed by atoms with E-state index in [1.807, 2.05) is 6.92 Å². The molecule has 0 heterocycles. The molecule has 0 saturated heterocycles. The zero-order valence-electron chi connectivity index (χ0n) is 20.1. The van der Waals surface area contributed by atoms with Gasteiger partial charge in [0.1, 0.15) is 18.1 Å². The molecule has 0 aliphatic heterocycles. The number of nitrogens with one attached hydrogen (secondary N) is 3. The van der Waals surface area contributed by atoms with Gasteiger partial charge >= 0.3 is 5.97 Å². The number of rotatable bonds is 16. The zero-order chi connectivity index (χ0) is 26.6. The Labute approximate surface area is 198 Å². The van der Waals surface area contributed by atoms with Gasteiger partial charge in [0.05, 0.1) is 6.04 Å². The van der Waals surface area contributed by atoms with Gasteiger partial charge in [0.25, 0.3) is 0 Å². The van der Waals surface area contributed by atoms with E-state index in [4.69, 9.17) is 17.2 Å². The van der Waals surface area contributed by atoms with Crippen LogP contribution in [0.3, 0.4) is 0 Å². The summed E-state index contributed by atoms with van der Waals surface area (Å²) >= 11 is 0. The van der Waals surface area contributed by atoms with Crippen molar-refractivity contribution < 1.29 is 33.9 Å². The van der Waals surface area contributed by atoms with Gasteiger partial charge in [-0.1, -0.05) is 34.1 Å². The molecule has 0 aromatic heterocycles. The van der Waals surface area contributed by atoms with Gasteiger partial charge in [-0.05, 0) is 24.7 Å². The van der Waals surface area contributed by atoms with Crippen molar-refractivity contribution in [1.29, 1.82) is 0 Å². The van der Waals surface area contributed by atoms with Crippen LogP contribution < -0.4 is 33.2 Å². The van der Waals surface area contributed by atoms with E-state index in [0.29, 0.717) is 6.42 Å². The smallest absolute Gasteiger partial charge is 0.326 e. The van der Waals surface area contributed by atoms with Crippen LogP contribution in [-0.2, 0) is 28.8 Å². The lowest BCUT2D eigenvalue weighted by Crippen LogP contribution is -2.59. The first-order chi connectivity index (χ1) is 15.7. The highest BCUT2D eigenvalue weighted by molar-refractivity contribution is 5.94. The minimum atomic E-state index is -1.37. The number of carboxylic acids is 1. The first kappa shape index (κ1) is 30.8. The summed E-state index contributed by atoms with van der Waals surface area (Å²) in [6.45, 7) is 6.85. The number of aliphatic carboxylic acids is 1. The molecule has 5 unspecified atom stereocenters. The lowest BCUT2D eigenvalue weighted by molar-refractivity contribution is -0.143. The van der Waals surface area contributed by atoms with E-state index in [1.165, 1.54) is 0 Å². The van der Waals surface area contributed by atoms with Gasteiger partial charge in [0, 0.05) is 12.8 Å². The van der Waals surface area contributed by atoms with Gasteiger partial charge in [-0.15, -0.1) is 0 Å². The molecule has 0 bridgehead atoms. The van der Waals surface area contributed by atoms with Crippen LogP contribution >= 0.6 is 0 Å². The topological polar surface area (TPSA) is 237 Å². The van der Waals surface area contributed by atoms with Gasteiger partial charge in [0.2, 0.25) is 29.5 Å². The molecule has 0 aromatic rings. The molecule has 5 amide bonds. The Bertz CT molecular complexity index is 758. The van der Waals surface area contributed by atoms with Crippen molar-refractivity contribution in [2.75, 3.05) is 0 Å². The second kappa shape index (κ2) is 14.8. The van der Waals surface area contributed by atoms with Crippen molar-refractivity contribution in [3.05, 3.63) is 0 Å². The third kappa shape index (κ3) is 11.1. The minimum Gasteiger partial charge on any atom is -0.480 e. The third-order valence-corrected chi connectivity index (χ3v) is 5.37. The summed E-state index contributed by atoms with van der Waals surface area (Å²) in [5.41, 5.74) is 15.9. The van der Waals surface area contributed by atoms with Gasteiger partial charge in [-0.3, -0.25) is 24.0 Å². The molecule has 34 heavy (non-hydrogen) atoms. The molecule has 13 nitrogen and oxygen atoms in total. The number of nitrogens with two attached hydrogens (primary N) is 3. The molecular weight excluding hydrogens is 448 g/mol. The summed E-state index contributed by atoms with van der Waals surface area (Å²) in [4.78, 5) is 71.6. The number of carboxylic acid groups (broad SMARTS) is 1. The number of carbonyl (C=O) groups is 6. The predicted molar refractivity (Wildman–Crippen MR) is 123 cm³/mol. The average Bonchev–Trinajstić information content (AvgIpc) is 2.74. The molecule has 0 aliphatic carbocycles. The van der Waals surface area contributed by atoms with Crippen LogP contribution in [0.15, 0.2) is 0 Å². The summed E-state index contributed by atoms with van der Waals surface area (Å²) in [6, 6.07) is -4.57. The van der Waals surface area contributed by atoms with Crippen molar-refractivity contribution in [3.8, 4) is 0 Å². The maximum atomic E-state index is 13.0. The second-order valence-corrected chi connectivity index (χ2v) is 8.62. The van der Waals surface area contributed by atoms with E-state index in [9.17, 15) is 33.9 Å². The normalized spacial score (nSPS) is 15.4. The van der Waals surface area contributed by atoms with Gasteiger partial charge < -0.3 is 38.3 Å². The van der Waals surface area contributed by atoms with Crippen molar-refractivity contribution in [3.63, 3.8) is 0 Å². The predicted octanol–water partition coefficient (Wildman–Crippen LogP) is -1.91. The van der Waals surface area contributed by atoms with E-state index >= 15 is 0 Å². The Hall–Kier alpha value is -3.22. The van der Waals surface area contributed by atoms with Gasteiger partial charge in [0.15, 0.2) is 0 Å². The molecule has 0 rings (SSSR count). The van der Waals surface area contributed by atoms with Crippen molar-refractivity contribution in [1.82, 2.24) is 16.0 Å². The highest BCUT2D eigenvalue weighted by Gasteiger charge is 2.33. The molecule has 0 saturated carbocycles. The van der Waals surface area contributed by atoms with Crippen molar-refractivity contribution in [2.45, 2.75) is 84.0 Å². The van der Waals surface area contributed by atoms with Crippen LogP contribution in [0.4, 0.5) is 0 Å².